The first-order valence-electron chi connectivity index (χ1n) is 9.30. The zero-order valence-corrected chi connectivity index (χ0v) is 16.5. The maximum Gasteiger partial charge on any atom is 0.254 e. The number of fused-ring (bicyclic) bond motifs is 1. The van der Waals surface area contributed by atoms with E-state index in [4.69, 9.17) is 4.74 Å². The van der Waals surface area contributed by atoms with Gasteiger partial charge in [0, 0.05) is 28.9 Å². The van der Waals surface area contributed by atoms with Crippen LogP contribution in [0.2, 0.25) is 0 Å². The normalized spacial score (nSPS) is 16.0. The lowest BCUT2D eigenvalue weighted by molar-refractivity contribution is 0.0652. The van der Waals surface area contributed by atoms with Crippen molar-refractivity contribution in [3.63, 3.8) is 0 Å². The number of nitrogens with zero attached hydrogens (tertiary/aromatic N) is 4. The van der Waals surface area contributed by atoms with Gasteiger partial charge in [0.2, 0.25) is 0 Å². The first kappa shape index (κ1) is 18.2. The lowest BCUT2D eigenvalue weighted by Crippen LogP contribution is -2.43. The summed E-state index contributed by atoms with van der Waals surface area (Å²) >= 11 is 0. The Kier molecular flexibility index (Phi) is 4.58. The Morgan fingerprint density at radius 3 is 2.79 bits per heavy atom. The highest BCUT2D eigenvalue weighted by Crippen LogP contribution is 2.31. The number of nitrogens with one attached hydrogen (secondary N) is 1. The zero-order chi connectivity index (χ0) is 19.8. The number of ether oxygens (including phenoxy) is 1. The molecule has 1 aliphatic heterocycles. The van der Waals surface area contributed by atoms with Crippen molar-refractivity contribution in [2.75, 3.05) is 7.11 Å². The molecule has 0 aliphatic carbocycles. The van der Waals surface area contributed by atoms with Crippen LogP contribution in [0.4, 0.5) is 0 Å². The number of methoxy groups -OCH3 is 1. The average Bonchev–Trinajstić information content (AvgIpc) is 3.21. The Bertz CT molecular complexity index is 1030. The molecule has 1 aromatic carbocycles. The number of carbonyl (C=O) groups is 1. The number of aromatic amines is 1. The Labute approximate surface area is 163 Å². The number of amides is 1. The Balaban J connectivity index is 1.72. The number of benzene rings is 1. The third kappa shape index (κ3) is 3.02. The number of rotatable bonds is 3. The van der Waals surface area contributed by atoms with Crippen LogP contribution in [0.15, 0.2) is 30.5 Å². The molecule has 3 heterocycles. The molecule has 1 amide bonds. The standard InChI is InChI=1S/C21H23N5O2/c1-12-10-16-18(23-14(3)24-20(16)17-8-9-22-25-17)11-26(12)21(27)15-6-5-7-19(28-4)13(15)2/h5-9,12H,10-11H2,1-4H3,(H,22,25). The predicted molar refractivity (Wildman–Crippen MR) is 105 cm³/mol. The average molecular weight is 377 g/mol. The van der Waals surface area contributed by atoms with E-state index in [1.165, 1.54) is 0 Å². The van der Waals surface area contributed by atoms with Crippen LogP contribution in [-0.4, -0.2) is 44.1 Å². The molecule has 7 nitrogen and oxygen atoms in total. The molecule has 0 fully saturated rings. The summed E-state index contributed by atoms with van der Waals surface area (Å²) in [6.45, 7) is 6.30. The first-order valence-corrected chi connectivity index (χ1v) is 9.30. The predicted octanol–water partition coefficient (Wildman–Crippen LogP) is 3.08. The van der Waals surface area contributed by atoms with Gasteiger partial charge in [-0.15, -0.1) is 0 Å². The molecule has 4 rings (SSSR count). The van der Waals surface area contributed by atoms with Crippen molar-refractivity contribution in [1.29, 1.82) is 0 Å². The minimum Gasteiger partial charge on any atom is -0.496 e. The highest BCUT2D eigenvalue weighted by Gasteiger charge is 2.32. The highest BCUT2D eigenvalue weighted by atomic mass is 16.5. The Hall–Kier alpha value is -3.22. The maximum atomic E-state index is 13.3. The monoisotopic (exact) mass is 377 g/mol. The van der Waals surface area contributed by atoms with Crippen LogP contribution in [0.25, 0.3) is 11.4 Å². The van der Waals surface area contributed by atoms with Gasteiger partial charge in [0.15, 0.2) is 0 Å². The third-order valence-corrected chi connectivity index (χ3v) is 5.31. The minimum atomic E-state index is -0.00564. The molecule has 0 spiro atoms. The van der Waals surface area contributed by atoms with Gasteiger partial charge in [-0.25, -0.2) is 9.97 Å². The number of hydrogen-bond donors (Lipinski definition) is 1. The van der Waals surface area contributed by atoms with Crippen LogP contribution in [0, 0.1) is 13.8 Å². The van der Waals surface area contributed by atoms with Gasteiger partial charge in [-0.1, -0.05) is 6.07 Å². The van der Waals surface area contributed by atoms with Crippen molar-refractivity contribution >= 4 is 5.91 Å². The van der Waals surface area contributed by atoms with E-state index in [1.54, 1.807) is 13.3 Å². The van der Waals surface area contributed by atoms with Crippen molar-refractivity contribution in [3.05, 3.63) is 58.7 Å². The van der Waals surface area contributed by atoms with Gasteiger partial charge in [-0.2, -0.15) is 5.10 Å². The molecule has 7 heteroatoms. The molecule has 0 saturated carbocycles. The largest absolute Gasteiger partial charge is 0.496 e. The van der Waals surface area contributed by atoms with Crippen molar-refractivity contribution in [2.24, 2.45) is 0 Å². The van der Waals surface area contributed by atoms with Gasteiger partial charge in [-0.3, -0.25) is 9.89 Å². The quantitative estimate of drug-likeness (QED) is 0.758. The Morgan fingerprint density at radius 2 is 2.07 bits per heavy atom. The van der Waals surface area contributed by atoms with E-state index in [-0.39, 0.29) is 11.9 Å². The zero-order valence-electron chi connectivity index (χ0n) is 16.5. The summed E-state index contributed by atoms with van der Waals surface area (Å²) in [6.07, 6.45) is 2.41. The van der Waals surface area contributed by atoms with E-state index in [0.717, 1.165) is 34.0 Å². The van der Waals surface area contributed by atoms with Crippen LogP contribution in [0.1, 0.15) is 39.9 Å². The van der Waals surface area contributed by atoms with Crippen LogP contribution < -0.4 is 4.74 Å². The molecule has 0 bridgehead atoms. The number of carbonyl (C=O) groups excluding carboxylic acids is 1. The second-order valence-electron chi connectivity index (χ2n) is 7.13. The van der Waals surface area contributed by atoms with Crippen LogP contribution in [0.5, 0.6) is 5.75 Å². The van der Waals surface area contributed by atoms with Gasteiger partial charge in [0.1, 0.15) is 11.6 Å². The van der Waals surface area contributed by atoms with Gasteiger partial charge >= 0.3 is 0 Å². The van der Waals surface area contributed by atoms with E-state index in [9.17, 15) is 4.79 Å². The Morgan fingerprint density at radius 1 is 1.25 bits per heavy atom. The number of H-pyrrole nitrogens is 1. The van der Waals surface area contributed by atoms with Gasteiger partial charge in [0.25, 0.3) is 5.91 Å². The van der Waals surface area contributed by atoms with E-state index >= 15 is 0 Å². The maximum absolute atomic E-state index is 13.3. The van der Waals surface area contributed by atoms with Crippen molar-refractivity contribution in [1.82, 2.24) is 25.1 Å². The third-order valence-electron chi connectivity index (χ3n) is 5.31. The van der Waals surface area contributed by atoms with Crippen molar-refractivity contribution in [3.8, 4) is 17.1 Å². The summed E-state index contributed by atoms with van der Waals surface area (Å²) in [7, 11) is 1.62. The lowest BCUT2D eigenvalue weighted by atomic mass is 9.94. The van der Waals surface area contributed by atoms with Crippen molar-refractivity contribution < 1.29 is 9.53 Å². The van der Waals surface area contributed by atoms with Crippen LogP contribution >= 0.6 is 0 Å². The molecule has 1 aliphatic rings. The molecule has 1 unspecified atom stereocenters. The second kappa shape index (κ2) is 7.07. The molecule has 2 aromatic heterocycles. The second-order valence-corrected chi connectivity index (χ2v) is 7.13. The molecule has 0 radical (unpaired) electrons. The summed E-state index contributed by atoms with van der Waals surface area (Å²) in [5, 5.41) is 7.03. The molecular formula is C21H23N5O2. The summed E-state index contributed by atoms with van der Waals surface area (Å²) in [5.41, 5.74) is 5.23. The summed E-state index contributed by atoms with van der Waals surface area (Å²) in [5.74, 6) is 1.40. The van der Waals surface area contributed by atoms with Crippen LogP contribution in [-0.2, 0) is 13.0 Å². The SMILES string of the molecule is COc1cccc(C(=O)N2Cc3nc(C)nc(-c4ccn[nH]4)c3CC2C)c1C. The summed E-state index contributed by atoms with van der Waals surface area (Å²) in [4.78, 5) is 24.5. The van der Waals surface area contributed by atoms with Gasteiger partial charge < -0.3 is 9.64 Å². The fourth-order valence-electron chi connectivity index (χ4n) is 3.83. The topological polar surface area (TPSA) is 84.0 Å². The van der Waals surface area contributed by atoms with Gasteiger partial charge in [-0.05, 0) is 45.4 Å². The van der Waals surface area contributed by atoms with E-state index in [2.05, 4.69) is 27.1 Å². The van der Waals surface area contributed by atoms with E-state index in [1.807, 2.05) is 43.0 Å². The smallest absolute Gasteiger partial charge is 0.254 e. The molecule has 28 heavy (non-hydrogen) atoms. The molecule has 1 atom stereocenters. The molecule has 144 valence electrons. The molecular weight excluding hydrogens is 354 g/mol. The molecule has 1 N–H and O–H groups in total. The van der Waals surface area contributed by atoms with E-state index < -0.39 is 0 Å². The molecule has 3 aromatic rings. The number of hydrogen-bond acceptors (Lipinski definition) is 5. The number of aryl methyl sites for hydroxylation is 1. The fraction of sp³-hybridized carbons (Fsp3) is 0.333. The van der Waals surface area contributed by atoms with Crippen LogP contribution in [0.3, 0.4) is 0 Å². The number of aromatic nitrogens is 4. The molecule has 0 saturated heterocycles. The summed E-state index contributed by atoms with van der Waals surface area (Å²) in [6, 6.07) is 7.50. The minimum absolute atomic E-state index is 0.00564. The highest BCUT2D eigenvalue weighted by molar-refractivity contribution is 5.96. The summed E-state index contributed by atoms with van der Waals surface area (Å²) < 4.78 is 5.38. The first-order chi connectivity index (χ1) is 13.5. The van der Waals surface area contributed by atoms with Gasteiger partial charge in [0.05, 0.1) is 30.7 Å². The fourth-order valence-corrected chi connectivity index (χ4v) is 3.83. The van der Waals surface area contributed by atoms with Crippen molar-refractivity contribution in [2.45, 2.75) is 39.8 Å². The lowest BCUT2D eigenvalue weighted by Gasteiger charge is -2.35. The van der Waals surface area contributed by atoms with E-state index in [0.29, 0.717) is 24.4 Å².